The first-order valence-corrected chi connectivity index (χ1v) is 9.68. The van der Waals surface area contributed by atoms with Gasteiger partial charge >= 0.3 is 5.97 Å². The number of hydrogen-bond donors (Lipinski definition) is 9. The Labute approximate surface area is 183 Å². The van der Waals surface area contributed by atoms with Crippen molar-refractivity contribution in [1.82, 2.24) is 16.0 Å². The maximum Gasteiger partial charge on any atom is 0.327 e. The van der Waals surface area contributed by atoms with Crippen molar-refractivity contribution in [2.45, 2.75) is 56.5 Å². The van der Waals surface area contributed by atoms with E-state index in [4.69, 9.17) is 22.3 Å². The van der Waals surface area contributed by atoms with Gasteiger partial charge in [-0.25, -0.2) is 4.79 Å². The molecule has 11 N–H and O–H groups in total. The third-order valence-corrected chi connectivity index (χ3v) is 4.30. The number of carbonyl (C=O) groups is 6. The zero-order valence-corrected chi connectivity index (χ0v) is 17.6. The molecule has 31 heavy (non-hydrogen) atoms. The van der Waals surface area contributed by atoms with Gasteiger partial charge < -0.3 is 43.4 Å². The first-order chi connectivity index (χ1) is 14.3. The van der Waals surface area contributed by atoms with Gasteiger partial charge in [0.05, 0.1) is 18.6 Å². The van der Waals surface area contributed by atoms with Crippen LogP contribution in [0.15, 0.2) is 0 Å². The van der Waals surface area contributed by atoms with Gasteiger partial charge in [-0.1, -0.05) is 0 Å². The highest BCUT2D eigenvalue weighted by atomic mass is 32.1. The summed E-state index contributed by atoms with van der Waals surface area (Å²) in [5.41, 5.74) is 15.5. The normalized spacial score (nSPS) is 15.5. The fourth-order valence-corrected chi connectivity index (χ4v) is 2.50. The molecule has 0 saturated heterocycles. The van der Waals surface area contributed by atoms with E-state index in [9.17, 15) is 33.9 Å². The second kappa shape index (κ2) is 13.4. The van der Waals surface area contributed by atoms with Crippen LogP contribution in [-0.2, 0) is 28.8 Å². The van der Waals surface area contributed by atoms with Crippen molar-refractivity contribution in [2.24, 2.45) is 17.2 Å². The minimum absolute atomic E-state index is 0.248. The number of rotatable bonds is 14. The van der Waals surface area contributed by atoms with E-state index in [0.29, 0.717) is 0 Å². The largest absolute Gasteiger partial charge is 0.480 e. The molecule has 0 aromatic rings. The highest BCUT2D eigenvalue weighted by molar-refractivity contribution is 7.80. The summed E-state index contributed by atoms with van der Waals surface area (Å²) in [4.78, 5) is 70.1. The lowest BCUT2D eigenvalue weighted by molar-refractivity contribution is -0.142. The molecular formula is C16H28N6O8S. The minimum Gasteiger partial charge on any atom is -0.480 e. The lowest BCUT2D eigenvalue weighted by Gasteiger charge is -2.26. The Balaban J connectivity index is 5.41. The number of aliphatic hydroxyl groups excluding tert-OH is 1. The Kier molecular flexibility index (Phi) is 12.1. The van der Waals surface area contributed by atoms with Gasteiger partial charge in [-0.15, -0.1) is 0 Å². The van der Waals surface area contributed by atoms with Gasteiger partial charge in [-0.05, 0) is 13.3 Å². The number of primary amides is 2. The van der Waals surface area contributed by atoms with E-state index in [1.54, 1.807) is 0 Å². The van der Waals surface area contributed by atoms with Crippen LogP contribution in [-0.4, -0.2) is 81.7 Å². The summed E-state index contributed by atoms with van der Waals surface area (Å²) in [7, 11) is 0. The summed E-state index contributed by atoms with van der Waals surface area (Å²) in [5, 5.41) is 25.4. The zero-order chi connectivity index (χ0) is 24.3. The number of amides is 5. The average Bonchev–Trinajstić information content (AvgIpc) is 2.65. The molecule has 0 aliphatic heterocycles. The summed E-state index contributed by atoms with van der Waals surface area (Å²) < 4.78 is 0. The number of aliphatic carboxylic acids is 1. The minimum atomic E-state index is -1.59. The number of nitrogens with one attached hydrogen (secondary N) is 3. The van der Waals surface area contributed by atoms with E-state index < -0.39 is 72.2 Å². The fraction of sp³-hybridized carbons (Fsp3) is 0.625. The van der Waals surface area contributed by atoms with Crippen LogP contribution in [0.25, 0.3) is 0 Å². The summed E-state index contributed by atoms with van der Waals surface area (Å²) in [5.74, 6) is -6.20. The van der Waals surface area contributed by atoms with Gasteiger partial charge in [0.25, 0.3) is 0 Å². The number of carbonyl (C=O) groups excluding carboxylic acids is 5. The van der Waals surface area contributed by atoms with Gasteiger partial charge in [0, 0.05) is 12.2 Å². The number of hydrogen-bond acceptors (Lipinski definition) is 9. The van der Waals surface area contributed by atoms with Crippen molar-refractivity contribution in [2.75, 3.05) is 5.75 Å². The third-order valence-electron chi connectivity index (χ3n) is 3.93. The average molecular weight is 465 g/mol. The van der Waals surface area contributed by atoms with Crippen LogP contribution in [0.5, 0.6) is 0 Å². The molecule has 5 unspecified atom stereocenters. The number of nitrogens with two attached hydrogens (primary N) is 3. The van der Waals surface area contributed by atoms with Crippen molar-refractivity contribution in [3.63, 3.8) is 0 Å². The molecule has 0 heterocycles. The van der Waals surface area contributed by atoms with Gasteiger partial charge in [-0.3, -0.25) is 24.0 Å². The molecule has 0 saturated carbocycles. The monoisotopic (exact) mass is 464 g/mol. The van der Waals surface area contributed by atoms with E-state index in [-0.39, 0.29) is 18.6 Å². The van der Waals surface area contributed by atoms with Crippen molar-refractivity contribution in [3.05, 3.63) is 0 Å². The van der Waals surface area contributed by atoms with E-state index in [1.165, 1.54) is 6.92 Å². The van der Waals surface area contributed by atoms with E-state index >= 15 is 0 Å². The lowest BCUT2D eigenvalue weighted by atomic mass is 10.1. The number of aliphatic hydroxyl groups is 1. The van der Waals surface area contributed by atoms with Crippen LogP contribution in [0.4, 0.5) is 0 Å². The molecule has 0 aliphatic rings. The lowest BCUT2D eigenvalue weighted by Crippen LogP contribution is -2.60. The van der Waals surface area contributed by atoms with Crippen LogP contribution >= 0.6 is 12.6 Å². The van der Waals surface area contributed by atoms with E-state index in [2.05, 4.69) is 28.6 Å². The second-order valence-electron chi connectivity index (χ2n) is 6.65. The number of carboxylic acids is 1. The highest BCUT2D eigenvalue weighted by Gasteiger charge is 2.32. The fourth-order valence-electron chi connectivity index (χ4n) is 2.25. The summed E-state index contributed by atoms with van der Waals surface area (Å²) in [6.07, 6.45) is -2.57. The van der Waals surface area contributed by atoms with Gasteiger partial charge in [0.2, 0.25) is 29.5 Å². The molecule has 0 spiro atoms. The molecule has 0 fully saturated rings. The highest BCUT2D eigenvalue weighted by Crippen LogP contribution is 2.03. The van der Waals surface area contributed by atoms with Gasteiger partial charge in [-0.2, -0.15) is 12.6 Å². The molecule has 0 aromatic carbocycles. The van der Waals surface area contributed by atoms with Gasteiger partial charge in [0.15, 0.2) is 0 Å². The SMILES string of the molecule is CC(O)C(NC(=O)C(N)CC(N)=O)C(=O)NC(CCC(N)=O)C(=O)NC(CS)C(=O)O. The quantitative estimate of drug-likeness (QED) is 0.112. The van der Waals surface area contributed by atoms with Crippen molar-refractivity contribution in [3.8, 4) is 0 Å². The maximum absolute atomic E-state index is 12.6. The standard InChI is InChI=1S/C16H28N6O8S/c1-6(23)12(22-13(26)7(17)4-11(19)25)15(28)20-8(2-3-10(18)24)14(27)21-9(5-31)16(29)30/h6-9,12,23,31H,2-5,17H2,1H3,(H2,18,24)(H2,19,25)(H,20,28)(H,21,27)(H,22,26)(H,29,30). The first kappa shape index (κ1) is 28.1. The Bertz CT molecular complexity index is 704. The smallest absolute Gasteiger partial charge is 0.327 e. The molecule has 0 radical (unpaired) electrons. The molecule has 0 bridgehead atoms. The molecule has 15 heteroatoms. The molecule has 0 aliphatic carbocycles. The summed E-state index contributed by atoms with van der Waals surface area (Å²) in [6, 6.07) is -5.76. The predicted octanol–water partition coefficient (Wildman–Crippen LogP) is -4.70. The zero-order valence-electron chi connectivity index (χ0n) is 16.7. The number of thiol groups is 1. The topological polar surface area (TPSA) is 257 Å². The predicted molar refractivity (Wildman–Crippen MR) is 109 cm³/mol. The molecule has 14 nitrogen and oxygen atoms in total. The van der Waals surface area contributed by atoms with E-state index in [0.717, 1.165) is 0 Å². The van der Waals surface area contributed by atoms with Crippen LogP contribution in [0, 0.1) is 0 Å². The molecule has 0 rings (SSSR count). The molecule has 5 atom stereocenters. The number of carboxylic acid groups (broad SMARTS) is 1. The van der Waals surface area contributed by atoms with Crippen molar-refractivity contribution < 1.29 is 39.0 Å². The molecular weight excluding hydrogens is 436 g/mol. The third kappa shape index (κ3) is 10.6. The molecule has 5 amide bonds. The van der Waals surface area contributed by atoms with Crippen molar-refractivity contribution >= 4 is 48.1 Å². The van der Waals surface area contributed by atoms with Gasteiger partial charge in [0.1, 0.15) is 18.1 Å². The molecule has 0 aromatic heterocycles. The van der Waals surface area contributed by atoms with Crippen molar-refractivity contribution in [1.29, 1.82) is 0 Å². The van der Waals surface area contributed by atoms with Crippen LogP contribution in [0.1, 0.15) is 26.2 Å². The Morgan fingerprint density at radius 1 is 0.903 bits per heavy atom. The summed E-state index contributed by atoms with van der Waals surface area (Å²) in [6.45, 7) is 1.17. The Morgan fingerprint density at radius 3 is 1.87 bits per heavy atom. The molecule has 176 valence electrons. The van der Waals surface area contributed by atoms with Crippen LogP contribution < -0.4 is 33.2 Å². The van der Waals surface area contributed by atoms with E-state index in [1.807, 2.05) is 0 Å². The van der Waals surface area contributed by atoms with Crippen LogP contribution in [0.3, 0.4) is 0 Å². The Morgan fingerprint density at radius 2 is 1.45 bits per heavy atom. The Hall–Kier alpha value is -2.91. The first-order valence-electron chi connectivity index (χ1n) is 9.05. The maximum atomic E-state index is 12.6. The second-order valence-corrected chi connectivity index (χ2v) is 7.02. The van der Waals surface area contributed by atoms with Crippen LogP contribution in [0.2, 0.25) is 0 Å². The summed E-state index contributed by atoms with van der Waals surface area (Å²) >= 11 is 3.81.